The summed E-state index contributed by atoms with van der Waals surface area (Å²) in [6, 6.07) is 3.30. The van der Waals surface area contributed by atoms with Gasteiger partial charge in [-0.2, -0.15) is 8.42 Å². The van der Waals surface area contributed by atoms with Gasteiger partial charge in [-0.1, -0.05) is 6.07 Å². The molecule has 1 aromatic rings. The summed E-state index contributed by atoms with van der Waals surface area (Å²) in [5.41, 5.74) is -0.110. The van der Waals surface area contributed by atoms with Crippen molar-refractivity contribution >= 4 is 38.9 Å². The summed E-state index contributed by atoms with van der Waals surface area (Å²) in [5, 5.41) is 1.72. The summed E-state index contributed by atoms with van der Waals surface area (Å²) in [6.45, 7) is 0. The number of ether oxygens (including phenoxy) is 1. The maximum absolute atomic E-state index is 12.0. The van der Waals surface area contributed by atoms with E-state index in [-0.39, 0.29) is 16.3 Å². The average Bonchev–Trinajstić information content (AvgIpc) is 3.01. The van der Waals surface area contributed by atoms with Crippen LogP contribution in [0.25, 0.3) is 0 Å². The molecule has 0 saturated carbocycles. The van der Waals surface area contributed by atoms with Crippen molar-refractivity contribution in [3.63, 3.8) is 0 Å². The average molecular weight is 351 g/mol. The molecule has 2 heterocycles. The van der Waals surface area contributed by atoms with E-state index in [1.807, 2.05) is 0 Å². The van der Waals surface area contributed by atoms with Crippen LogP contribution in [0.4, 0.5) is 0 Å². The van der Waals surface area contributed by atoms with E-state index in [0.29, 0.717) is 4.88 Å². The van der Waals surface area contributed by atoms with Crippen molar-refractivity contribution in [3.8, 4) is 0 Å². The number of allylic oxidation sites excluding steroid dienone is 2. The van der Waals surface area contributed by atoms with Crippen LogP contribution in [-0.4, -0.2) is 36.5 Å². The number of hydrogen-bond donors (Lipinski definition) is 1. The fraction of sp³-hybridized carbons (Fsp3) is 0.0714. The first kappa shape index (κ1) is 15.5. The van der Waals surface area contributed by atoms with Gasteiger partial charge in [0.05, 0.1) is 15.5 Å². The van der Waals surface area contributed by atoms with Gasteiger partial charge < -0.3 is 4.74 Å². The minimum Gasteiger partial charge on any atom is -0.447 e. The Hall–Kier alpha value is -2.36. The van der Waals surface area contributed by atoms with Gasteiger partial charge in [-0.05, 0) is 29.7 Å². The van der Waals surface area contributed by atoms with Gasteiger partial charge in [0.2, 0.25) is 0 Å². The molecule has 0 saturated heterocycles. The highest BCUT2D eigenvalue weighted by molar-refractivity contribution is 7.90. The van der Waals surface area contributed by atoms with E-state index in [4.69, 9.17) is 9.29 Å². The fourth-order valence-electron chi connectivity index (χ4n) is 1.98. The van der Waals surface area contributed by atoms with Crippen LogP contribution in [-0.2, 0) is 19.6 Å². The highest BCUT2D eigenvalue weighted by Crippen LogP contribution is 2.22. The van der Waals surface area contributed by atoms with Crippen molar-refractivity contribution in [2.45, 2.75) is 6.10 Å². The normalized spacial score (nSPS) is 22.2. The second-order valence-electron chi connectivity index (χ2n) is 4.61. The molecule has 0 fully saturated rings. The lowest BCUT2D eigenvalue weighted by Gasteiger charge is -2.22. The Labute approximate surface area is 135 Å². The van der Waals surface area contributed by atoms with Crippen LogP contribution in [0.1, 0.15) is 9.67 Å². The molecule has 2 aliphatic rings. The molecule has 0 amide bonds. The van der Waals surface area contributed by atoms with E-state index >= 15 is 0 Å². The fourth-order valence-corrected chi connectivity index (χ4v) is 3.13. The largest absolute Gasteiger partial charge is 0.447 e. The molecule has 9 heteroatoms. The zero-order valence-electron chi connectivity index (χ0n) is 11.4. The van der Waals surface area contributed by atoms with Crippen molar-refractivity contribution in [2.75, 3.05) is 0 Å². The van der Waals surface area contributed by atoms with E-state index < -0.39 is 28.0 Å². The number of ketones is 1. The lowest BCUT2D eigenvalue weighted by Crippen LogP contribution is -2.32. The molecule has 1 N–H and O–H groups in total. The van der Waals surface area contributed by atoms with Gasteiger partial charge >= 0.3 is 5.97 Å². The van der Waals surface area contributed by atoms with E-state index in [1.54, 1.807) is 17.5 Å². The van der Waals surface area contributed by atoms with Crippen LogP contribution in [0.3, 0.4) is 0 Å². The van der Waals surface area contributed by atoms with Crippen molar-refractivity contribution < 1.29 is 27.3 Å². The second kappa shape index (κ2) is 5.69. The molecule has 0 bridgehead atoms. The summed E-state index contributed by atoms with van der Waals surface area (Å²) >= 11 is 1.22. The number of aliphatic imine (C=N–C) groups is 1. The van der Waals surface area contributed by atoms with Gasteiger partial charge in [0.25, 0.3) is 10.1 Å². The summed E-state index contributed by atoms with van der Waals surface area (Å²) in [4.78, 5) is 27.9. The number of fused-ring (bicyclic) bond motifs is 1. The number of nitrogens with zero attached hydrogens (tertiary/aromatic N) is 1. The molecule has 1 unspecified atom stereocenters. The third-order valence-electron chi connectivity index (χ3n) is 3.04. The molecule has 7 nitrogen and oxygen atoms in total. The van der Waals surface area contributed by atoms with Crippen LogP contribution < -0.4 is 0 Å². The molecule has 23 heavy (non-hydrogen) atoms. The maximum atomic E-state index is 12.0. The Kier molecular flexibility index (Phi) is 3.84. The van der Waals surface area contributed by atoms with Crippen LogP contribution in [0.2, 0.25) is 0 Å². The third kappa shape index (κ3) is 3.21. The molecular formula is C14H9NO6S2. The van der Waals surface area contributed by atoms with Crippen LogP contribution in [0, 0.1) is 0 Å². The molecule has 3 rings (SSSR count). The molecule has 1 aromatic heterocycles. The predicted octanol–water partition coefficient (Wildman–Crippen LogP) is 1.52. The molecule has 118 valence electrons. The van der Waals surface area contributed by atoms with Crippen molar-refractivity contribution in [3.05, 3.63) is 57.3 Å². The first-order chi connectivity index (χ1) is 10.8. The highest BCUT2D eigenvalue weighted by atomic mass is 32.2. The van der Waals surface area contributed by atoms with Gasteiger partial charge in [0.15, 0.2) is 17.6 Å². The van der Waals surface area contributed by atoms with Gasteiger partial charge in [0.1, 0.15) is 0 Å². The summed E-state index contributed by atoms with van der Waals surface area (Å²) < 4.78 is 36.4. The van der Waals surface area contributed by atoms with Crippen LogP contribution in [0.15, 0.2) is 57.4 Å². The lowest BCUT2D eigenvalue weighted by molar-refractivity contribution is -0.140. The van der Waals surface area contributed by atoms with E-state index in [2.05, 4.69) is 4.99 Å². The molecule has 1 aliphatic heterocycles. The van der Waals surface area contributed by atoms with Gasteiger partial charge in [-0.3, -0.25) is 9.35 Å². The lowest BCUT2D eigenvalue weighted by atomic mass is 10.1. The molecule has 0 aromatic carbocycles. The predicted molar refractivity (Wildman–Crippen MR) is 82.8 cm³/mol. The standard InChI is InChI=1S/C14H9NO6S2/c16-11(13-2-1-5-22-13)7-10-14(17)21-12-4-3-8(23(18,19)20)6-9(12)15-10/h1-7,12H,(H,18,19,20)/b10-7+. The zero-order valence-corrected chi connectivity index (χ0v) is 13.0. The number of thiophene rings is 1. The van der Waals surface area contributed by atoms with Gasteiger partial charge in [-0.25, -0.2) is 9.79 Å². The Morgan fingerprint density at radius 3 is 2.87 bits per heavy atom. The van der Waals surface area contributed by atoms with Crippen molar-refractivity contribution in [1.29, 1.82) is 0 Å². The number of esters is 1. The molecular weight excluding hydrogens is 342 g/mol. The zero-order chi connectivity index (χ0) is 16.6. The topological polar surface area (TPSA) is 110 Å². The summed E-state index contributed by atoms with van der Waals surface area (Å²) in [5.74, 6) is -1.18. The number of rotatable bonds is 3. The molecule has 0 radical (unpaired) electrons. The van der Waals surface area contributed by atoms with Crippen LogP contribution >= 0.6 is 11.3 Å². The Balaban J connectivity index is 1.98. The highest BCUT2D eigenvalue weighted by Gasteiger charge is 2.30. The minimum atomic E-state index is -4.40. The number of hydrogen-bond acceptors (Lipinski definition) is 7. The Bertz CT molecular complexity index is 903. The summed E-state index contributed by atoms with van der Waals surface area (Å²) in [6.07, 6.45) is 3.70. The van der Waals surface area contributed by atoms with Gasteiger partial charge in [0, 0.05) is 6.08 Å². The smallest absolute Gasteiger partial charge is 0.358 e. The number of carbonyl (C=O) groups excluding carboxylic acids is 2. The van der Waals surface area contributed by atoms with E-state index in [9.17, 15) is 18.0 Å². The monoisotopic (exact) mass is 351 g/mol. The Morgan fingerprint density at radius 1 is 1.43 bits per heavy atom. The third-order valence-corrected chi connectivity index (χ3v) is 4.77. The van der Waals surface area contributed by atoms with Crippen molar-refractivity contribution in [2.24, 2.45) is 4.99 Å². The maximum Gasteiger partial charge on any atom is 0.358 e. The SMILES string of the molecule is O=C1OC2C=CC(S(=O)(=O)O)=CC2=N/C1=C/C(=O)c1cccs1. The van der Waals surface area contributed by atoms with E-state index in [0.717, 1.165) is 18.2 Å². The molecule has 1 atom stereocenters. The van der Waals surface area contributed by atoms with Crippen molar-refractivity contribution in [1.82, 2.24) is 0 Å². The summed E-state index contributed by atoms with van der Waals surface area (Å²) in [7, 11) is -4.40. The Morgan fingerprint density at radius 2 is 2.22 bits per heavy atom. The minimum absolute atomic E-state index is 0.116. The molecule has 0 spiro atoms. The first-order valence-electron chi connectivity index (χ1n) is 6.31. The molecule has 1 aliphatic carbocycles. The quantitative estimate of drug-likeness (QED) is 0.383. The second-order valence-corrected chi connectivity index (χ2v) is 6.98. The van der Waals surface area contributed by atoms with Gasteiger partial charge in [-0.15, -0.1) is 11.3 Å². The first-order valence-corrected chi connectivity index (χ1v) is 8.63. The number of carbonyl (C=O) groups is 2. The van der Waals surface area contributed by atoms with E-state index in [1.165, 1.54) is 17.4 Å². The van der Waals surface area contributed by atoms with Crippen LogP contribution in [0.5, 0.6) is 0 Å².